The molecule has 1 atom stereocenters. The molecule has 2 rings (SSSR count). The van der Waals surface area contributed by atoms with Crippen molar-refractivity contribution in [3.05, 3.63) is 17.8 Å². The van der Waals surface area contributed by atoms with Gasteiger partial charge in [-0.15, -0.1) is 0 Å². The van der Waals surface area contributed by atoms with Gasteiger partial charge < -0.3 is 14.8 Å². The number of rotatable bonds is 3. The lowest BCUT2D eigenvalue weighted by Crippen LogP contribution is -2.28. The van der Waals surface area contributed by atoms with Gasteiger partial charge in [0.2, 0.25) is 0 Å². The van der Waals surface area contributed by atoms with Crippen molar-refractivity contribution in [2.75, 3.05) is 13.1 Å². The molecule has 4 heteroatoms. The van der Waals surface area contributed by atoms with Crippen LogP contribution in [0.5, 0.6) is 0 Å². The quantitative estimate of drug-likeness (QED) is 0.788. The van der Waals surface area contributed by atoms with E-state index in [0.29, 0.717) is 11.7 Å². The van der Waals surface area contributed by atoms with Crippen molar-refractivity contribution >= 4 is 0 Å². The Morgan fingerprint density at radius 3 is 2.93 bits per heavy atom. The number of aromatic nitrogens is 1. The fourth-order valence-electron chi connectivity index (χ4n) is 1.94. The second-order valence-electron chi connectivity index (χ2n) is 4.23. The predicted octanol–water partition coefficient (Wildman–Crippen LogP) is 1.27. The minimum atomic E-state index is -0.556. The summed E-state index contributed by atoms with van der Waals surface area (Å²) in [6.45, 7) is 3.87. The molecule has 0 amide bonds. The third-order valence-corrected chi connectivity index (χ3v) is 2.91. The molecule has 0 aliphatic carbocycles. The maximum atomic E-state index is 9.30. The fourth-order valence-corrected chi connectivity index (χ4v) is 1.94. The highest BCUT2D eigenvalue weighted by Crippen LogP contribution is 2.20. The van der Waals surface area contributed by atoms with E-state index in [0.717, 1.165) is 25.4 Å². The lowest BCUT2D eigenvalue weighted by molar-refractivity contribution is 0.166. The lowest BCUT2D eigenvalue weighted by atomic mass is 9.95. The number of aliphatic hydroxyl groups is 1. The molecule has 1 aromatic rings. The van der Waals surface area contributed by atoms with E-state index in [9.17, 15) is 5.11 Å². The van der Waals surface area contributed by atoms with Crippen LogP contribution < -0.4 is 5.32 Å². The molecule has 0 bridgehead atoms. The summed E-state index contributed by atoms with van der Waals surface area (Å²) in [7, 11) is 0. The fraction of sp³-hybridized carbons (Fsp3) is 0.727. The summed E-state index contributed by atoms with van der Waals surface area (Å²) in [4.78, 5) is 4.18. The second kappa shape index (κ2) is 4.77. The van der Waals surface area contributed by atoms with Crippen LogP contribution in [0.15, 0.2) is 10.6 Å². The van der Waals surface area contributed by atoms with Crippen molar-refractivity contribution in [2.45, 2.75) is 32.3 Å². The van der Waals surface area contributed by atoms with E-state index in [-0.39, 0.29) is 0 Å². The van der Waals surface area contributed by atoms with Crippen molar-refractivity contribution < 1.29 is 9.52 Å². The third-order valence-electron chi connectivity index (χ3n) is 2.91. The highest BCUT2D eigenvalue weighted by Gasteiger charge is 2.17. The smallest absolute Gasteiger partial charge is 0.194 e. The topological polar surface area (TPSA) is 58.3 Å². The first kappa shape index (κ1) is 10.6. The summed E-state index contributed by atoms with van der Waals surface area (Å²) < 4.78 is 5.47. The molecule has 1 saturated heterocycles. The molecule has 0 saturated carbocycles. The van der Waals surface area contributed by atoms with Gasteiger partial charge in [-0.05, 0) is 38.8 Å². The average molecular weight is 210 g/mol. The van der Waals surface area contributed by atoms with Gasteiger partial charge in [0.05, 0.1) is 6.20 Å². The van der Waals surface area contributed by atoms with E-state index in [1.54, 1.807) is 13.1 Å². The molecule has 2 heterocycles. The molecule has 1 unspecified atom stereocenters. The van der Waals surface area contributed by atoms with Gasteiger partial charge in [-0.25, -0.2) is 4.98 Å². The van der Waals surface area contributed by atoms with Crippen molar-refractivity contribution in [1.29, 1.82) is 0 Å². The van der Waals surface area contributed by atoms with Gasteiger partial charge >= 0.3 is 0 Å². The van der Waals surface area contributed by atoms with Gasteiger partial charge in [0.25, 0.3) is 0 Å². The van der Waals surface area contributed by atoms with Gasteiger partial charge in [0.15, 0.2) is 11.7 Å². The van der Waals surface area contributed by atoms with Crippen LogP contribution in [-0.2, 0) is 6.42 Å². The maximum absolute atomic E-state index is 9.30. The normalized spacial score (nSPS) is 20.4. The van der Waals surface area contributed by atoms with Gasteiger partial charge in [0, 0.05) is 6.42 Å². The standard InChI is InChI=1S/C11H18N2O2/c1-8(14)10-7-13-11(15-10)6-9-2-4-12-5-3-9/h7-9,12,14H,2-6H2,1H3. The molecule has 1 fully saturated rings. The van der Waals surface area contributed by atoms with E-state index in [4.69, 9.17) is 4.42 Å². The molecule has 2 N–H and O–H groups in total. The van der Waals surface area contributed by atoms with Gasteiger partial charge in [-0.1, -0.05) is 0 Å². The number of oxazole rings is 1. The zero-order chi connectivity index (χ0) is 10.7. The Balaban J connectivity index is 1.91. The van der Waals surface area contributed by atoms with Crippen molar-refractivity contribution in [2.24, 2.45) is 5.92 Å². The number of hydrogen-bond acceptors (Lipinski definition) is 4. The van der Waals surface area contributed by atoms with E-state index in [1.165, 1.54) is 12.8 Å². The molecular weight excluding hydrogens is 192 g/mol. The molecule has 0 aromatic carbocycles. The first-order valence-corrected chi connectivity index (χ1v) is 5.59. The number of nitrogens with one attached hydrogen (secondary N) is 1. The van der Waals surface area contributed by atoms with Gasteiger partial charge in [-0.3, -0.25) is 0 Å². The minimum Gasteiger partial charge on any atom is -0.443 e. The highest BCUT2D eigenvalue weighted by molar-refractivity contribution is 4.97. The SMILES string of the molecule is CC(O)c1cnc(CC2CCNCC2)o1. The van der Waals surface area contributed by atoms with E-state index < -0.39 is 6.10 Å². The third kappa shape index (κ3) is 2.79. The largest absolute Gasteiger partial charge is 0.443 e. The van der Waals surface area contributed by atoms with Crippen molar-refractivity contribution in [3.8, 4) is 0 Å². The Hall–Kier alpha value is -0.870. The van der Waals surface area contributed by atoms with E-state index in [2.05, 4.69) is 10.3 Å². The summed E-state index contributed by atoms with van der Waals surface area (Å²) in [5.41, 5.74) is 0. The van der Waals surface area contributed by atoms with Crippen LogP contribution >= 0.6 is 0 Å². The number of piperidine rings is 1. The lowest BCUT2D eigenvalue weighted by Gasteiger charge is -2.20. The molecular formula is C11H18N2O2. The number of nitrogens with zero attached hydrogens (tertiary/aromatic N) is 1. The monoisotopic (exact) mass is 210 g/mol. The van der Waals surface area contributed by atoms with Crippen LogP contribution in [0, 0.1) is 5.92 Å². The summed E-state index contributed by atoms with van der Waals surface area (Å²) in [6.07, 6.45) is 4.34. The Labute approximate surface area is 89.7 Å². The van der Waals surface area contributed by atoms with Crippen LogP contribution in [0.3, 0.4) is 0 Å². The molecule has 84 valence electrons. The average Bonchev–Trinajstić information content (AvgIpc) is 2.68. The van der Waals surface area contributed by atoms with Crippen LogP contribution in [-0.4, -0.2) is 23.2 Å². The zero-order valence-electron chi connectivity index (χ0n) is 9.07. The number of hydrogen-bond donors (Lipinski definition) is 2. The summed E-state index contributed by atoms with van der Waals surface area (Å²) >= 11 is 0. The molecule has 0 radical (unpaired) electrons. The van der Waals surface area contributed by atoms with Crippen LogP contribution in [0.1, 0.15) is 37.5 Å². The van der Waals surface area contributed by atoms with Gasteiger partial charge in [0.1, 0.15) is 6.10 Å². The Bertz CT molecular complexity index is 303. The highest BCUT2D eigenvalue weighted by atomic mass is 16.4. The molecule has 15 heavy (non-hydrogen) atoms. The minimum absolute atomic E-state index is 0.556. The van der Waals surface area contributed by atoms with E-state index in [1.807, 2.05) is 0 Å². The van der Waals surface area contributed by atoms with Crippen molar-refractivity contribution in [3.63, 3.8) is 0 Å². The summed E-state index contributed by atoms with van der Waals surface area (Å²) in [5, 5.41) is 12.6. The second-order valence-corrected chi connectivity index (χ2v) is 4.23. The maximum Gasteiger partial charge on any atom is 0.194 e. The van der Waals surface area contributed by atoms with Crippen molar-refractivity contribution in [1.82, 2.24) is 10.3 Å². The van der Waals surface area contributed by atoms with Crippen LogP contribution in [0.25, 0.3) is 0 Å². The number of aliphatic hydroxyl groups excluding tert-OH is 1. The molecule has 1 aliphatic heterocycles. The van der Waals surface area contributed by atoms with Crippen LogP contribution in [0.4, 0.5) is 0 Å². The first-order valence-electron chi connectivity index (χ1n) is 5.59. The van der Waals surface area contributed by atoms with Gasteiger partial charge in [-0.2, -0.15) is 0 Å². The zero-order valence-corrected chi connectivity index (χ0v) is 9.07. The molecule has 1 aromatic heterocycles. The molecule has 4 nitrogen and oxygen atoms in total. The Morgan fingerprint density at radius 2 is 2.33 bits per heavy atom. The van der Waals surface area contributed by atoms with E-state index >= 15 is 0 Å². The Kier molecular flexibility index (Phi) is 3.38. The van der Waals surface area contributed by atoms with Crippen LogP contribution in [0.2, 0.25) is 0 Å². The summed E-state index contributed by atoms with van der Waals surface area (Å²) in [5.74, 6) is 2.00. The summed E-state index contributed by atoms with van der Waals surface area (Å²) in [6, 6.07) is 0. The Morgan fingerprint density at radius 1 is 1.60 bits per heavy atom. The molecule has 0 spiro atoms. The first-order chi connectivity index (χ1) is 7.25. The molecule has 1 aliphatic rings. The predicted molar refractivity (Wildman–Crippen MR) is 56.4 cm³/mol.